The van der Waals surface area contributed by atoms with Crippen molar-refractivity contribution in [2.75, 3.05) is 6.54 Å². The van der Waals surface area contributed by atoms with Crippen LogP contribution >= 0.6 is 0 Å². The van der Waals surface area contributed by atoms with Crippen molar-refractivity contribution in [3.8, 4) is 16.9 Å². The topological polar surface area (TPSA) is 158 Å². The lowest BCUT2D eigenvalue weighted by atomic mass is 9.97. The molecule has 0 radical (unpaired) electrons. The van der Waals surface area contributed by atoms with Crippen molar-refractivity contribution in [2.45, 2.75) is 70.9 Å². The van der Waals surface area contributed by atoms with E-state index in [1.807, 2.05) is 11.6 Å². The highest BCUT2D eigenvalue weighted by Crippen LogP contribution is 2.33. The third-order valence-electron chi connectivity index (χ3n) is 6.87. The lowest BCUT2D eigenvalue weighted by Gasteiger charge is -2.21. The van der Waals surface area contributed by atoms with E-state index in [4.69, 9.17) is 9.57 Å². The van der Waals surface area contributed by atoms with E-state index in [1.54, 1.807) is 45.0 Å². The first-order valence-corrected chi connectivity index (χ1v) is 15.6. The van der Waals surface area contributed by atoms with Crippen molar-refractivity contribution in [3.05, 3.63) is 71.1 Å². The van der Waals surface area contributed by atoms with Crippen molar-refractivity contribution < 1.29 is 45.7 Å². The number of nitrogens with one attached hydrogen (secondary N) is 1. The van der Waals surface area contributed by atoms with Gasteiger partial charge in [-0.2, -0.15) is 18.3 Å². The van der Waals surface area contributed by atoms with Crippen LogP contribution in [0.4, 0.5) is 13.2 Å². The third kappa shape index (κ3) is 7.94. The third-order valence-corrected chi connectivity index (χ3v) is 8.23. The predicted octanol–water partition coefficient (Wildman–Crippen LogP) is 4.88. The van der Waals surface area contributed by atoms with E-state index in [9.17, 15) is 36.4 Å². The highest BCUT2D eigenvalue weighted by molar-refractivity contribution is 7.90. The van der Waals surface area contributed by atoms with Gasteiger partial charge in [0.2, 0.25) is 5.28 Å². The van der Waals surface area contributed by atoms with Gasteiger partial charge in [0.05, 0.1) is 33.2 Å². The molecule has 1 N–H and O–H groups in total. The Labute approximate surface area is 263 Å². The number of esters is 1. The second-order valence-electron chi connectivity index (χ2n) is 11.6. The standard InChI is InChI=1S/C29H33F3N6O7S/c1-18-8-10-20(11-9-18)24-17-25(29(30,31)32)33-37(24)21-12-14-22(15-13-21)46(42,43)34-26(39)23-7-6-16-36(23)38(41)35-45-19(2)44-27(40)28(3,4)5/h8-15,17,19,23H,6-7,16H2,1-5H3,(H,34,39)/t19?,23-/m0/s1. The van der Waals surface area contributed by atoms with Crippen molar-refractivity contribution >= 4 is 21.9 Å². The molecule has 0 spiro atoms. The molecule has 1 unspecified atom stereocenters. The minimum atomic E-state index is -4.72. The number of halogens is 3. The zero-order chi connectivity index (χ0) is 34.0. The molecule has 46 heavy (non-hydrogen) atoms. The van der Waals surface area contributed by atoms with E-state index in [0.29, 0.717) is 12.0 Å². The number of benzene rings is 2. The van der Waals surface area contributed by atoms with Gasteiger partial charge in [0.25, 0.3) is 22.2 Å². The van der Waals surface area contributed by atoms with Crippen molar-refractivity contribution in [1.29, 1.82) is 0 Å². The number of aromatic nitrogens is 2. The zero-order valence-corrected chi connectivity index (χ0v) is 26.4. The number of hydrogen-bond acceptors (Lipinski definition) is 9. The average molecular weight is 667 g/mol. The van der Waals surface area contributed by atoms with Crippen LogP contribution in [0.3, 0.4) is 0 Å². The van der Waals surface area contributed by atoms with Crippen LogP contribution in [0.15, 0.2) is 64.8 Å². The first kappa shape index (κ1) is 34.2. The number of amides is 1. The first-order valence-electron chi connectivity index (χ1n) is 14.1. The van der Waals surface area contributed by atoms with Gasteiger partial charge in [-0.3, -0.25) is 14.4 Å². The monoisotopic (exact) mass is 666 g/mol. The molecule has 4 rings (SSSR count). The Morgan fingerprint density at radius 1 is 1.11 bits per heavy atom. The van der Waals surface area contributed by atoms with Gasteiger partial charge in [-0.25, -0.2) is 17.8 Å². The Balaban J connectivity index is 1.49. The number of carbonyl (C=O) groups is 2. The van der Waals surface area contributed by atoms with E-state index < -0.39 is 51.5 Å². The van der Waals surface area contributed by atoms with Crippen LogP contribution in [0, 0.1) is 17.5 Å². The van der Waals surface area contributed by atoms with Gasteiger partial charge in [-0.15, -0.1) is 5.01 Å². The number of rotatable bonds is 9. The smallest absolute Gasteiger partial charge is 0.435 e. The number of hydrogen-bond donors (Lipinski definition) is 1. The summed E-state index contributed by atoms with van der Waals surface area (Å²) in [5.74, 6) is -1.60. The van der Waals surface area contributed by atoms with Crippen molar-refractivity contribution in [2.24, 2.45) is 10.7 Å². The van der Waals surface area contributed by atoms with Gasteiger partial charge in [-0.05, 0) is 70.9 Å². The van der Waals surface area contributed by atoms with Gasteiger partial charge < -0.3 is 9.94 Å². The molecular formula is C29H33F3N6O7S. The van der Waals surface area contributed by atoms with Crippen LogP contribution in [0.2, 0.25) is 0 Å². The molecule has 2 atom stereocenters. The first-order chi connectivity index (χ1) is 21.4. The van der Waals surface area contributed by atoms with Gasteiger partial charge in [0.15, 0.2) is 11.7 Å². The molecule has 3 aromatic rings. The fraction of sp³-hybridized carbons (Fsp3) is 0.414. The molecule has 0 aliphatic carbocycles. The Kier molecular flexibility index (Phi) is 9.65. The molecule has 0 bridgehead atoms. The molecule has 1 aliphatic rings. The minimum Gasteiger partial charge on any atom is -0.569 e. The van der Waals surface area contributed by atoms with E-state index in [-0.39, 0.29) is 34.2 Å². The maximum atomic E-state index is 13.5. The lowest BCUT2D eigenvalue weighted by Crippen LogP contribution is -2.47. The van der Waals surface area contributed by atoms with Crippen LogP contribution < -0.4 is 4.72 Å². The number of nitrogens with zero attached hydrogens (tertiary/aromatic N) is 5. The number of sulfonamides is 1. The van der Waals surface area contributed by atoms with Crippen LogP contribution in [0.1, 0.15) is 51.8 Å². The average Bonchev–Trinajstić information content (AvgIpc) is 3.64. The summed E-state index contributed by atoms with van der Waals surface area (Å²) in [6, 6.07) is 11.2. The number of carbonyl (C=O) groups excluding carboxylic acids is 2. The van der Waals surface area contributed by atoms with Crippen LogP contribution in [0.5, 0.6) is 0 Å². The minimum absolute atomic E-state index is 0.00892. The van der Waals surface area contributed by atoms with E-state index in [0.717, 1.165) is 33.5 Å². The lowest BCUT2D eigenvalue weighted by molar-refractivity contribution is -0.713. The predicted molar refractivity (Wildman–Crippen MR) is 156 cm³/mol. The van der Waals surface area contributed by atoms with Gasteiger partial charge >= 0.3 is 12.1 Å². The van der Waals surface area contributed by atoms with Crippen molar-refractivity contribution in [3.63, 3.8) is 0 Å². The summed E-state index contributed by atoms with van der Waals surface area (Å²) in [5, 5.41) is 20.6. The van der Waals surface area contributed by atoms with E-state index >= 15 is 0 Å². The summed E-state index contributed by atoms with van der Waals surface area (Å²) >= 11 is 0. The second kappa shape index (κ2) is 13.0. The fourth-order valence-corrected chi connectivity index (χ4v) is 5.41. The molecule has 1 aliphatic heterocycles. The molecule has 1 amide bonds. The number of alkyl halides is 3. The summed E-state index contributed by atoms with van der Waals surface area (Å²) in [6.45, 7) is 8.13. The Morgan fingerprint density at radius 3 is 2.33 bits per heavy atom. The van der Waals surface area contributed by atoms with Gasteiger partial charge in [-0.1, -0.05) is 29.8 Å². The second-order valence-corrected chi connectivity index (χ2v) is 13.3. The summed E-state index contributed by atoms with van der Waals surface area (Å²) in [7, 11) is -4.46. The molecule has 17 heteroatoms. The quantitative estimate of drug-likeness (QED) is 0.110. The normalized spacial score (nSPS) is 16.7. The van der Waals surface area contributed by atoms with E-state index in [1.165, 1.54) is 19.1 Å². The highest BCUT2D eigenvalue weighted by atomic mass is 32.2. The Bertz CT molecular complexity index is 1720. The van der Waals surface area contributed by atoms with E-state index in [2.05, 4.69) is 10.4 Å². The summed E-state index contributed by atoms with van der Waals surface area (Å²) in [5.41, 5.74) is -0.303. The maximum absolute atomic E-state index is 13.5. The molecule has 13 nitrogen and oxygen atoms in total. The molecule has 248 valence electrons. The summed E-state index contributed by atoms with van der Waals surface area (Å²) in [6.07, 6.45) is -5.44. The number of ether oxygens (including phenoxy) is 1. The molecule has 2 heterocycles. The molecule has 2 aromatic carbocycles. The Morgan fingerprint density at radius 2 is 1.74 bits per heavy atom. The van der Waals surface area contributed by atoms with Crippen molar-refractivity contribution in [1.82, 2.24) is 19.5 Å². The molecule has 0 saturated carbocycles. The maximum Gasteiger partial charge on any atom is 0.435 e. The van der Waals surface area contributed by atoms with Gasteiger partial charge in [0.1, 0.15) is 0 Å². The zero-order valence-electron chi connectivity index (χ0n) is 25.6. The SMILES string of the molecule is Cc1ccc(-c2cc(C(F)(F)F)nn2-c2ccc(S(=O)(=O)NC(=O)[C@@H]3CCCN3[N+]([O-])=NOC(C)OC(=O)C(C)(C)C)cc2)cc1. The molecular weight excluding hydrogens is 633 g/mol. The van der Waals surface area contributed by atoms with Crippen LogP contribution in [0.25, 0.3) is 16.9 Å². The summed E-state index contributed by atoms with van der Waals surface area (Å²) in [4.78, 5) is 29.5. The molecule has 1 aromatic heterocycles. The largest absolute Gasteiger partial charge is 0.569 e. The number of aryl methyl sites for hydroxylation is 1. The molecule has 1 fully saturated rings. The van der Waals surface area contributed by atoms with Crippen LogP contribution in [-0.2, 0) is 35.4 Å². The fourth-order valence-electron chi connectivity index (χ4n) is 4.40. The van der Waals surface area contributed by atoms with Gasteiger partial charge in [0, 0.05) is 12.5 Å². The van der Waals surface area contributed by atoms with Crippen LogP contribution in [-0.4, -0.2) is 58.9 Å². The Hall–Kier alpha value is -4.67. The number of hydrazine groups is 1. The highest BCUT2D eigenvalue weighted by Gasteiger charge is 2.39. The molecule has 1 saturated heterocycles. The summed E-state index contributed by atoms with van der Waals surface area (Å²) < 4.78 is 74.8.